The number of rotatable bonds is 7. The van der Waals surface area contributed by atoms with Crippen LogP contribution in [0.2, 0.25) is 0 Å². The van der Waals surface area contributed by atoms with Crippen molar-refractivity contribution in [1.29, 1.82) is 0 Å². The number of unbranched alkanes of at least 4 members (excludes halogenated alkanes) is 2. The molecule has 0 aliphatic carbocycles. The van der Waals surface area contributed by atoms with Gasteiger partial charge >= 0.3 is 6.36 Å². The van der Waals surface area contributed by atoms with Gasteiger partial charge in [-0.15, -0.1) is 13.2 Å². The van der Waals surface area contributed by atoms with Gasteiger partial charge in [-0.1, -0.05) is 0 Å². The Hall–Kier alpha value is -1.30. The van der Waals surface area contributed by atoms with Gasteiger partial charge in [-0.05, 0) is 43.5 Å². The molecule has 102 valence electrons. The van der Waals surface area contributed by atoms with E-state index in [1.807, 2.05) is 0 Å². The highest BCUT2D eigenvalue weighted by Gasteiger charge is 2.28. The molecule has 0 radical (unpaired) electrons. The lowest BCUT2D eigenvalue weighted by Gasteiger charge is -2.07. The molecule has 0 amide bonds. The van der Waals surface area contributed by atoms with Crippen molar-refractivity contribution in [3.63, 3.8) is 0 Å². The third-order valence-corrected chi connectivity index (χ3v) is 2.14. The van der Waals surface area contributed by atoms with Crippen LogP contribution in [0.4, 0.5) is 17.6 Å². The molecule has 0 saturated heterocycles. The first-order chi connectivity index (χ1) is 8.47. The molecular weight excluding hydrogens is 252 g/mol. The SMILES string of the molecule is Fc1ccc(OCCCCCOC(F)(F)F)cc1. The normalized spacial score (nSPS) is 11.6. The molecule has 0 atom stereocenters. The minimum Gasteiger partial charge on any atom is -0.494 e. The van der Waals surface area contributed by atoms with Gasteiger partial charge in [0.1, 0.15) is 11.6 Å². The van der Waals surface area contributed by atoms with Crippen LogP contribution in [0.1, 0.15) is 19.3 Å². The Labute approximate surface area is 103 Å². The number of halogens is 4. The van der Waals surface area contributed by atoms with E-state index >= 15 is 0 Å². The van der Waals surface area contributed by atoms with Crippen LogP contribution < -0.4 is 4.74 Å². The van der Waals surface area contributed by atoms with Crippen LogP contribution in [0.25, 0.3) is 0 Å². The van der Waals surface area contributed by atoms with Crippen LogP contribution in [-0.2, 0) is 4.74 Å². The van der Waals surface area contributed by atoms with Crippen molar-refractivity contribution in [1.82, 2.24) is 0 Å². The van der Waals surface area contributed by atoms with Gasteiger partial charge in [0.15, 0.2) is 0 Å². The average molecular weight is 266 g/mol. The second-order valence-corrected chi connectivity index (χ2v) is 3.66. The molecule has 1 aromatic carbocycles. The zero-order chi connectivity index (χ0) is 13.4. The predicted molar refractivity (Wildman–Crippen MR) is 57.8 cm³/mol. The van der Waals surface area contributed by atoms with Gasteiger partial charge in [0.25, 0.3) is 0 Å². The molecule has 0 unspecified atom stereocenters. The van der Waals surface area contributed by atoms with E-state index in [2.05, 4.69) is 4.74 Å². The number of ether oxygens (including phenoxy) is 2. The molecule has 2 nitrogen and oxygen atoms in total. The highest BCUT2D eigenvalue weighted by Crippen LogP contribution is 2.17. The third kappa shape index (κ3) is 7.11. The smallest absolute Gasteiger partial charge is 0.494 e. The predicted octanol–water partition coefficient (Wildman–Crippen LogP) is 3.91. The molecule has 0 saturated carbocycles. The fraction of sp³-hybridized carbons (Fsp3) is 0.500. The van der Waals surface area contributed by atoms with Gasteiger partial charge in [0.2, 0.25) is 0 Å². The molecule has 18 heavy (non-hydrogen) atoms. The monoisotopic (exact) mass is 266 g/mol. The van der Waals surface area contributed by atoms with E-state index in [0.29, 0.717) is 31.6 Å². The van der Waals surface area contributed by atoms with Crippen molar-refractivity contribution in [3.05, 3.63) is 30.1 Å². The zero-order valence-electron chi connectivity index (χ0n) is 9.67. The largest absolute Gasteiger partial charge is 0.522 e. The molecule has 0 aliphatic heterocycles. The van der Waals surface area contributed by atoms with Crippen LogP contribution >= 0.6 is 0 Å². The van der Waals surface area contributed by atoms with Crippen molar-refractivity contribution in [2.75, 3.05) is 13.2 Å². The van der Waals surface area contributed by atoms with E-state index in [1.165, 1.54) is 24.3 Å². The minimum absolute atomic E-state index is 0.326. The van der Waals surface area contributed by atoms with E-state index in [-0.39, 0.29) is 12.4 Å². The first-order valence-electron chi connectivity index (χ1n) is 5.56. The molecule has 0 heterocycles. The second kappa shape index (κ2) is 7.20. The first kappa shape index (κ1) is 14.8. The van der Waals surface area contributed by atoms with E-state index < -0.39 is 6.36 Å². The standard InChI is InChI=1S/C12H14F4O2/c13-10-4-6-11(7-5-10)17-8-2-1-3-9-18-12(14,15)16/h4-7H,1-3,8-9H2. The quantitative estimate of drug-likeness (QED) is 0.550. The topological polar surface area (TPSA) is 18.5 Å². The summed E-state index contributed by atoms with van der Waals surface area (Å²) in [6.45, 7) is 0.0533. The van der Waals surface area contributed by atoms with Gasteiger partial charge < -0.3 is 4.74 Å². The fourth-order valence-electron chi connectivity index (χ4n) is 1.29. The van der Waals surface area contributed by atoms with E-state index in [1.54, 1.807) is 0 Å². The van der Waals surface area contributed by atoms with Crippen LogP contribution in [-0.4, -0.2) is 19.6 Å². The third-order valence-electron chi connectivity index (χ3n) is 2.14. The number of benzene rings is 1. The van der Waals surface area contributed by atoms with E-state index in [0.717, 1.165) is 0 Å². The summed E-state index contributed by atoms with van der Waals surface area (Å²) in [4.78, 5) is 0. The first-order valence-corrected chi connectivity index (χ1v) is 5.56. The number of alkyl halides is 3. The van der Waals surface area contributed by atoms with Crippen LogP contribution in [0, 0.1) is 5.82 Å². The van der Waals surface area contributed by atoms with Crippen molar-refractivity contribution < 1.29 is 27.0 Å². The molecule has 6 heteroatoms. The van der Waals surface area contributed by atoms with E-state index in [9.17, 15) is 17.6 Å². The molecule has 0 fully saturated rings. The summed E-state index contributed by atoms with van der Waals surface area (Å²) in [5.41, 5.74) is 0. The van der Waals surface area contributed by atoms with Crippen molar-refractivity contribution >= 4 is 0 Å². The maximum Gasteiger partial charge on any atom is 0.522 e. The summed E-state index contributed by atoms with van der Waals surface area (Å²) in [5, 5.41) is 0. The lowest BCUT2D eigenvalue weighted by Crippen LogP contribution is -2.14. The highest BCUT2D eigenvalue weighted by molar-refractivity contribution is 5.21. The summed E-state index contributed by atoms with van der Waals surface area (Å²) in [7, 11) is 0. The van der Waals surface area contributed by atoms with Gasteiger partial charge in [-0.3, -0.25) is 4.74 Å². The molecule has 1 aromatic rings. The zero-order valence-corrected chi connectivity index (χ0v) is 9.67. The molecule has 0 bridgehead atoms. The number of hydrogen-bond acceptors (Lipinski definition) is 2. The van der Waals surface area contributed by atoms with Crippen LogP contribution in [0.3, 0.4) is 0 Å². The maximum absolute atomic E-state index is 12.5. The van der Waals surface area contributed by atoms with Gasteiger partial charge in [0, 0.05) is 0 Å². The number of hydrogen-bond donors (Lipinski definition) is 0. The van der Waals surface area contributed by atoms with Gasteiger partial charge in [-0.25, -0.2) is 4.39 Å². The molecule has 0 spiro atoms. The Morgan fingerprint density at radius 3 is 2.11 bits per heavy atom. The van der Waals surface area contributed by atoms with E-state index in [4.69, 9.17) is 4.74 Å². The minimum atomic E-state index is -4.55. The molecule has 0 aromatic heterocycles. The lowest BCUT2D eigenvalue weighted by molar-refractivity contribution is -0.324. The Bertz CT molecular complexity index is 335. The fourth-order valence-corrected chi connectivity index (χ4v) is 1.29. The summed E-state index contributed by atoms with van der Waals surface area (Å²) in [6.07, 6.45) is -3.02. The summed E-state index contributed by atoms with van der Waals surface area (Å²) in [5.74, 6) is 0.203. The Morgan fingerprint density at radius 1 is 0.889 bits per heavy atom. The molecule has 0 aliphatic rings. The molecule has 1 rings (SSSR count). The summed E-state index contributed by atoms with van der Waals surface area (Å²) < 4.78 is 56.3. The molecular formula is C12H14F4O2. The lowest BCUT2D eigenvalue weighted by atomic mass is 10.2. The Morgan fingerprint density at radius 2 is 1.50 bits per heavy atom. The summed E-state index contributed by atoms with van der Waals surface area (Å²) >= 11 is 0. The van der Waals surface area contributed by atoms with Crippen molar-refractivity contribution in [2.45, 2.75) is 25.6 Å². The van der Waals surface area contributed by atoms with Crippen molar-refractivity contribution in [3.8, 4) is 5.75 Å². The molecule has 0 N–H and O–H groups in total. The van der Waals surface area contributed by atoms with Gasteiger partial charge in [0.05, 0.1) is 13.2 Å². The average Bonchev–Trinajstić information content (AvgIpc) is 2.29. The highest BCUT2D eigenvalue weighted by atomic mass is 19.4. The summed E-state index contributed by atoms with van der Waals surface area (Å²) in [6, 6.07) is 5.57. The van der Waals surface area contributed by atoms with Gasteiger partial charge in [-0.2, -0.15) is 0 Å². The van der Waals surface area contributed by atoms with Crippen molar-refractivity contribution in [2.24, 2.45) is 0 Å². The Kier molecular flexibility index (Phi) is 5.91. The maximum atomic E-state index is 12.5. The van der Waals surface area contributed by atoms with Crippen LogP contribution in [0.15, 0.2) is 24.3 Å². The van der Waals surface area contributed by atoms with Crippen LogP contribution in [0.5, 0.6) is 5.75 Å². The Balaban J connectivity index is 2.00. The second-order valence-electron chi connectivity index (χ2n) is 3.66.